The zero-order valence-electron chi connectivity index (χ0n) is 17.0. The average molecular weight is 413 g/mol. The highest BCUT2D eigenvalue weighted by Crippen LogP contribution is 2.27. The van der Waals surface area contributed by atoms with E-state index in [9.17, 15) is 8.42 Å². The van der Waals surface area contributed by atoms with E-state index in [4.69, 9.17) is 0 Å². The minimum Gasteiger partial charge on any atom is -0.304 e. The molecule has 0 radical (unpaired) electrons. The fourth-order valence-corrected chi connectivity index (χ4v) is 4.41. The van der Waals surface area contributed by atoms with E-state index >= 15 is 0 Å². The standard InChI is InChI=1S/C22H28N4O2S/c1-3-25(4-2)17-11-16-23-29(27,28)21-18-26(20-14-9-6-10-15-20)24-22(21)19-12-7-5-8-13-19/h5-10,12-15,18,23H,3-4,11,16-17H2,1-2H3. The van der Waals surface area contributed by atoms with Crippen LogP contribution in [0, 0.1) is 0 Å². The Morgan fingerprint density at radius 1 is 0.966 bits per heavy atom. The second-order valence-corrected chi connectivity index (χ2v) is 8.50. The van der Waals surface area contributed by atoms with Gasteiger partial charge in [-0.15, -0.1) is 0 Å². The van der Waals surface area contributed by atoms with Crippen molar-refractivity contribution in [1.82, 2.24) is 19.4 Å². The second kappa shape index (κ2) is 9.82. The van der Waals surface area contributed by atoms with Crippen molar-refractivity contribution in [3.8, 4) is 16.9 Å². The number of para-hydroxylation sites is 1. The Morgan fingerprint density at radius 2 is 1.59 bits per heavy atom. The number of rotatable bonds is 10. The van der Waals surface area contributed by atoms with Gasteiger partial charge < -0.3 is 4.90 Å². The van der Waals surface area contributed by atoms with E-state index in [1.165, 1.54) is 0 Å². The number of nitrogens with zero attached hydrogens (tertiary/aromatic N) is 3. The maximum atomic E-state index is 13.1. The largest absolute Gasteiger partial charge is 0.304 e. The van der Waals surface area contributed by atoms with Gasteiger partial charge in [0.1, 0.15) is 10.6 Å². The SMILES string of the molecule is CCN(CC)CCCNS(=O)(=O)c1cn(-c2ccccc2)nc1-c1ccccc1. The molecule has 0 saturated carbocycles. The topological polar surface area (TPSA) is 67.2 Å². The summed E-state index contributed by atoms with van der Waals surface area (Å²) < 4.78 is 30.5. The summed E-state index contributed by atoms with van der Waals surface area (Å²) in [6.07, 6.45) is 2.35. The van der Waals surface area contributed by atoms with Gasteiger partial charge in [-0.1, -0.05) is 62.4 Å². The van der Waals surface area contributed by atoms with Gasteiger partial charge in [0.15, 0.2) is 0 Å². The lowest BCUT2D eigenvalue weighted by atomic mass is 10.2. The highest BCUT2D eigenvalue weighted by atomic mass is 32.2. The van der Waals surface area contributed by atoms with Gasteiger partial charge in [-0.3, -0.25) is 0 Å². The predicted molar refractivity (Wildman–Crippen MR) is 117 cm³/mol. The number of hydrogen-bond donors (Lipinski definition) is 1. The molecule has 0 bridgehead atoms. The number of hydrogen-bond acceptors (Lipinski definition) is 4. The van der Waals surface area contributed by atoms with Crippen LogP contribution >= 0.6 is 0 Å². The summed E-state index contributed by atoms with van der Waals surface area (Å²) in [5.74, 6) is 0. The Labute approximate surface area is 173 Å². The summed E-state index contributed by atoms with van der Waals surface area (Å²) in [6.45, 7) is 7.40. The van der Waals surface area contributed by atoms with Crippen LogP contribution in [-0.2, 0) is 10.0 Å². The molecule has 1 N–H and O–H groups in total. The first-order chi connectivity index (χ1) is 14.0. The van der Waals surface area contributed by atoms with Crippen LogP contribution in [0.4, 0.5) is 0 Å². The first-order valence-corrected chi connectivity index (χ1v) is 11.5. The maximum Gasteiger partial charge on any atom is 0.244 e. The van der Waals surface area contributed by atoms with Crippen molar-refractivity contribution >= 4 is 10.0 Å². The summed E-state index contributed by atoms with van der Waals surface area (Å²) in [5.41, 5.74) is 2.03. The Hall–Kier alpha value is -2.48. The smallest absolute Gasteiger partial charge is 0.244 e. The summed E-state index contributed by atoms with van der Waals surface area (Å²) >= 11 is 0. The number of benzene rings is 2. The molecular formula is C22H28N4O2S. The average Bonchev–Trinajstić information content (AvgIpc) is 3.22. The molecule has 0 amide bonds. The molecule has 2 aromatic carbocycles. The van der Waals surface area contributed by atoms with Crippen LogP contribution in [-0.4, -0.2) is 49.3 Å². The molecule has 29 heavy (non-hydrogen) atoms. The summed E-state index contributed by atoms with van der Waals surface area (Å²) in [6, 6.07) is 18.9. The van der Waals surface area contributed by atoms with Crippen molar-refractivity contribution in [2.75, 3.05) is 26.2 Å². The first-order valence-electron chi connectivity index (χ1n) is 9.97. The fraction of sp³-hybridized carbons (Fsp3) is 0.318. The van der Waals surface area contributed by atoms with Crippen LogP contribution in [0.1, 0.15) is 20.3 Å². The van der Waals surface area contributed by atoms with Gasteiger partial charge >= 0.3 is 0 Å². The lowest BCUT2D eigenvalue weighted by Crippen LogP contribution is -2.30. The highest BCUT2D eigenvalue weighted by Gasteiger charge is 2.23. The van der Waals surface area contributed by atoms with Gasteiger partial charge in [0.25, 0.3) is 0 Å². The Kier molecular flexibility index (Phi) is 7.19. The van der Waals surface area contributed by atoms with E-state index in [0.29, 0.717) is 12.2 Å². The molecule has 0 unspecified atom stereocenters. The molecule has 3 aromatic rings. The molecule has 0 fully saturated rings. The molecule has 0 aliphatic heterocycles. The van der Waals surface area contributed by atoms with E-state index in [2.05, 4.69) is 28.6 Å². The summed E-state index contributed by atoms with van der Waals surface area (Å²) in [4.78, 5) is 2.47. The molecule has 0 aliphatic carbocycles. The monoisotopic (exact) mass is 412 g/mol. The third-order valence-electron chi connectivity index (χ3n) is 4.88. The molecule has 0 spiro atoms. The Bertz CT molecular complexity index is 998. The van der Waals surface area contributed by atoms with Crippen molar-refractivity contribution < 1.29 is 8.42 Å². The van der Waals surface area contributed by atoms with Gasteiger partial charge in [0.05, 0.1) is 11.9 Å². The molecule has 3 rings (SSSR count). The minimum absolute atomic E-state index is 0.190. The van der Waals surface area contributed by atoms with Crippen molar-refractivity contribution in [3.63, 3.8) is 0 Å². The van der Waals surface area contributed by atoms with E-state index in [-0.39, 0.29) is 4.90 Å². The van der Waals surface area contributed by atoms with Gasteiger partial charge in [-0.05, 0) is 38.2 Å². The molecule has 1 heterocycles. The lowest BCUT2D eigenvalue weighted by molar-refractivity contribution is 0.300. The lowest BCUT2D eigenvalue weighted by Gasteiger charge is -2.17. The second-order valence-electron chi connectivity index (χ2n) is 6.77. The zero-order chi connectivity index (χ0) is 20.7. The normalized spacial score (nSPS) is 11.8. The Balaban J connectivity index is 1.87. The van der Waals surface area contributed by atoms with Crippen LogP contribution in [0.5, 0.6) is 0 Å². The van der Waals surface area contributed by atoms with E-state index < -0.39 is 10.0 Å². The summed E-state index contributed by atoms with van der Waals surface area (Å²) in [5, 5.41) is 4.59. The molecule has 154 valence electrons. The Morgan fingerprint density at radius 3 is 2.21 bits per heavy atom. The van der Waals surface area contributed by atoms with Crippen LogP contribution in [0.3, 0.4) is 0 Å². The van der Waals surface area contributed by atoms with Crippen molar-refractivity contribution in [1.29, 1.82) is 0 Å². The number of sulfonamides is 1. The van der Waals surface area contributed by atoms with Crippen LogP contribution in [0.15, 0.2) is 71.8 Å². The molecule has 0 atom stereocenters. The van der Waals surface area contributed by atoms with Gasteiger partial charge in [-0.25, -0.2) is 17.8 Å². The van der Waals surface area contributed by atoms with Crippen molar-refractivity contribution in [3.05, 3.63) is 66.9 Å². The minimum atomic E-state index is -3.69. The zero-order valence-corrected chi connectivity index (χ0v) is 17.8. The number of nitrogens with one attached hydrogen (secondary N) is 1. The van der Waals surface area contributed by atoms with E-state index in [1.807, 2.05) is 60.7 Å². The van der Waals surface area contributed by atoms with Crippen LogP contribution in [0.25, 0.3) is 16.9 Å². The molecular weight excluding hydrogens is 384 g/mol. The van der Waals surface area contributed by atoms with Crippen LogP contribution < -0.4 is 4.72 Å². The van der Waals surface area contributed by atoms with E-state index in [0.717, 1.165) is 37.3 Å². The predicted octanol–water partition coefficient (Wildman–Crippen LogP) is 3.55. The molecule has 0 saturated heterocycles. The van der Waals surface area contributed by atoms with Gasteiger partial charge in [0, 0.05) is 12.1 Å². The highest BCUT2D eigenvalue weighted by molar-refractivity contribution is 7.89. The molecule has 7 heteroatoms. The molecule has 0 aliphatic rings. The van der Waals surface area contributed by atoms with Gasteiger partial charge in [-0.2, -0.15) is 5.10 Å². The first kappa shape index (κ1) is 21.2. The quantitative estimate of drug-likeness (QED) is 0.517. The molecule has 1 aromatic heterocycles. The van der Waals surface area contributed by atoms with Crippen LogP contribution in [0.2, 0.25) is 0 Å². The number of aromatic nitrogens is 2. The van der Waals surface area contributed by atoms with Gasteiger partial charge in [0.2, 0.25) is 10.0 Å². The molecule has 6 nitrogen and oxygen atoms in total. The van der Waals surface area contributed by atoms with E-state index in [1.54, 1.807) is 10.9 Å². The van der Waals surface area contributed by atoms with Crippen molar-refractivity contribution in [2.24, 2.45) is 0 Å². The maximum absolute atomic E-state index is 13.1. The van der Waals surface area contributed by atoms with Crippen molar-refractivity contribution in [2.45, 2.75) is 25.2 Å². The third kappa shape index (κ3) is 5.32. The third-order valence-corrected chi connectivity index (χ3v) is 6.34. The fourth-order valence-electron chi connectivity index (χ4n) is 3.19. The summed E-state index contributed by atoms with van der Waals surface area (Å²) in [7, 11) is -3.69.